The highest BCUT2D eigenvalue weighted by atomic mass is 35.5. The van der Waals surface area contributed by atoms with Crippen molar-refractivity contribution in [3.63, 3.8) is 0 Å². The van der Waals surface area contributed by atoms with Gasteiger partial charge in [-0.3, -0.25) is 4.79 Å². The van der Waals surface area contributed by atoms with Crippen molar-refractivity contribution in [1.29, 1.82) is 0 Å². The quantitative estimate of drug-likeness (QED) is 0.516. The van der Waals surface area contributed by atoms with Gasteiger partial charge in [0.2, 0.25) is 5.91 Å². The van der Waals surface area contributed by atoms with Crippen LogP contribution in [0.3, 0.4) is 0 Å². The molecule has 2 amide bonds. The van der Waals surface area contributed by atoms with Crippen LogP contribution in [0.1, 0.15) is 0 Å². The van der Waals surface area contributed by atoms with E-state index in [1.165, 1.54) is 7.05 Å². The third-order valence-corrected chi connectivity index (χ3v) is 0.679. The third kappa shape index (κ3) is 7.03. The molecule has 0 spiro atoms. The fourth-order valence-electron chi connectivity index (χ4n) is 0.244. The molecule has 0 aliphatic rings. The van der Waals surface area contributed by atoms with Gasteiger partial charge in [0.15, 0.2) is 0 Å². The van der Waals surface area contributed by atoms with Crippen molar-refractivity contribution < 1.29 is 14.7 Å². The fraction of sp³-hybridized carbons (Fsp3) is 0.500. The molecule has 5 nitrogen and oxygen atoms in total. The SMILES string of the molecule is CNC(=O)CNC(=O)O.Cl. The molecule has 0 atom stereocenters. The van der Waals surface area contributed by atoms with Crippen LogP contribution in [0, 0.1) is 0 Å². The highest BCUT2D eigenvalue weighted by molar-refractivity contribution is 5.85. The number of nitrogens with one attached hydrogen (secondary N) is 2. The van der Waals surface area contributed by atoms with E-state index < -0.39 is 6.09 Å². The summed E-state index contributed by atoms with van der Waals surface area (Å²) in [6.45, 7) is -0.189. The maximum absolute atomic E-state index is 10.3. The zero-order valence-corrected chi connectivity index (χ0v) is 6.20. The van der Waals surface area contributed by atoms with Crippen molar-refractivity contribution in [2.75, 3.05) is 13.6 Å². The minimum atomic E-state index is -1.20. The van der Waals surface area contributed by atoms with Crippen molar-refractivity contribution in [1.82, 2.24) is 10.6 Å². The highest BCUT2D eigenvalue weighted by Gasteiger charge is 1.98. The summed E-state index contributed by atoms with van der Waals surface area (Å²) in [5.41, 5.74) is 0. The van der Waals surface area contributed by atoms with Gasteiger partial charge in [0.25, 0.3) is 0 Å². The van der Waals surface area contributed by atoms with Gasteiger partial charge in [-0.25, -0.2) is 4.79 Å². The molecule has 0 aromatic rings. The molecular formula is C4H9ClN2O3. The Kier molecular flexibility index (Phi) is 7.25. The minimum Gasteiger partial charge on any atom is -0.465 e. The molecule has 0 rings (SSSR count). The second-order valence-electron chi connectivity index (χ2n) is 1.33. The van der Waals surface area contributed by atoms with Crippen LogP contribution in [0.5, 0.6) is 0 Å². The number of carbonyl (C=O) groups excluding carboxylic acids is 1. The first-order chi connectivity index (χ1) is 4.16. The molecule has 6 heteroatoms. The van der Waals surface area contributed by atoms with Crippen LogP contribution in [0.4, 0.5) is 4.79 Å². The van der Waals surface area contributed by atoms with Gasteiger partial charge in [-0.1, -0.05) is 0 Å². The number of amides is 2. The summed E-state index contributed by atoms with van der Waals surface area (Å²) in [7, 11) is 1.44. The Morgan fingerprint density at radius 2 is 2.00 bits per heavy atom. The first kappa shape index (κ1) is 11.8. The Balaban J connectivity index is 0. The summed E-state index contributed by atoms with van der Waals surface area (Å²) in [4.78, 5) is 20.0. The van der Waals surface area contributed by atoms with Gasteiger partial charge in [-0.05, 0) is 0 Å². The van der Waals surface area contributed by atoms with E-state index in [1.807, 2.05) is 5.32 Å². The molecule has 3 N–H and O–H groups in total. The van der Waals surface area contributed by atoms with Crippen LogP contribution < -0.4 is 10.6 Å². The number of rotatable bonds is 2. The van der Waals surface area contributed by atoms with Gasteiger partial charge in [0.05, 0.1) is 6.54 Å². The normalized spacial score (nSPS) is 7.30. The molecule has 0 saturated carbocycles. The van der Waals surface area contributed by atoms with Crippen molar-refractivity contribution in [2.45, 2.75) is 0 Å². The molecule has 60 valence electrons. The second-order valence-corrected chi connectivity index (χ2v) is 1.33. The molecule has 0 bridgehead atoms. The molecule has 10 heavy (non-hydrogen) atoms. The number of likely N-dealkylation sites (N-methyl/N-ethyl adjacent to an activating group) is 1. The molecule has 0 aliphatic carbocycles. The van der Waals surface area contributed by atoms with E-state index in [1.54, 1.807) is 0 Å². The van der Waals surface area contributed by atoms with Crippen molar-refractivity contribution in [3.05, 3.63) is 0 Å². The van der Waals surface area contributed by atoms with E-state index in [0.29, 0.717) is 0 Å². The molecule has 0 aliphatic heterocycles. The smallest absolute Gasteiger partial charge is 0.405 e. The molecule has 0 fully saturated rings. The monoisotopic (exact) mass is 168 g/mol. The molecule has 0 heterocycles. The van der Waals surface area contributed by atoms with E-state index in [9.17, 15) is 9.59 Å². The van der Waals surface area contributed by atoms with Gasteiger partial charge in [-0.15, -0.1) is 12.4 Å². The minimum absolute atomic E-state index is 0. The number of carbonyl (C=O) groups is 2. The molecular weight excluding hydrogens is 160 g/mol. The van der Waals surface area contributed by atoms with E-state index in [0.717, 1.165) is 0 Å². The zero-order chi connectivity index (χ0) is 7.28. The average molecular weight is 169 g/mol. The summed E-state index contributed by atoms with van der Waals surface area (Å²) in [6, 6.07) is 0. The Morgan fingerprint density at radius 1 is 1.50 bits per heavy atom. The number of hydrogen-bond acceptors (Lipinski definition) is 2. The van der Waals surface area contributed by atoms with Crippen molar-refractivity contribution >= 4 is 24.4 Å². The van der Waals surface area contributed by atoms with E-state index in [-0.39, 0.29) is 24.9 Å². The number of carboxylic acid groups (broad SMARTS) is 1. The van der Waals surface area contributed by atoms with Gasteiger partial charge in [0, 0.05) is 7.05 Å². The maximum Gasteiger partial charge on any atom is 0.405 e. The van der Waals surface area contributed by atoms with Crippen LogP contribution in [-0.2, 0) is 4.79 Å². The van der Waals surface area contributed by atoms with Gasteiger partial charge >= 0.3 is 6.09 Å². The Labute approximate surface area is 64.2 Å². The lowest BCUT2D eigenvalue weighted by Gasteiger charge is -1.96. The Hall–Kier alpha value is -0.970. The topological polar surface area (TPSA) is 78.4 Å². The average Bonchev–Trinajstić information content (AvgIpc) is 1.83. The van der Waals surface area contributed by atoms with Crippen molar-refractivity contribution in [3.8, 4) is 0 Å². The third-order valence-electron chi connectivity index (χ3n) is 0.679. The van der Waals surface area contributed by atoms with Gasteiger partial charge in [-0.2, -0.15) is 0 Å². The maximum atomic E-state index is 10.3. The standard InChI is InChI=1S/C4H8N2O3.ClH/c1-5-3(7)2-6-4(8)9;/h6H,2H2,1H3,(H,5,7)(H,8,9);1H. The van der Waals surface area contributed by atoms with E-state index >= 15 is 0 Å². The fourth-order valence-corrected chi connectivity index (χ4v) is 0.244. The predicted octanol–water partition coefficient (Wildman–Crippen LogP) is -0.578. The van der Waals surface area contributed by atoms with Gasteiger partial charge < -0.3 is 15.7 Å². The van der Waals surface area contributed by atoms with Crippen LogP contribution in [0.2, 0.25) is 0 Å². The molecule has 0 unspecified atom stereocenters. The predicted molar refractivity (Wildman–Crippen MR) is 37.3 cm³/mol. The Morgan fingerprint density at radius 3 is 2.30 bits per heavy atom. The molecule has 0 aromatic carbocycles. The van der Waals surface area contributed by atoms with E-state index in [2.05, 4.69) is 5.32 Å². The zero-order valence-electron chi connectivity index (χ0n) is 5.38. The van der Waals surface area contributed by atoms with Crippen LogP contribution in [-0.4, -0.2) is 30.7 Å². The van der Waals surface area contributed by atoms with Crippen LogP contribution in [0.15, 0.2) is 0 Å². The Bertz CT molecular complexity index is 128. The summed E-state index contributed by atoms with van der Waals surface area (Å²) in [5.74, 6) is -0.350. The summed E-state index contributed by atoms with van der Waals surface area (Å²) >= 11 is 0. The first-order valence-electron chi connectivity index (χ1n) is 2.34. The van der Waals surface area contributed by atoms with Crippen LogP contribution in [0.25, 0.3) is 0 Å². The number of halogens is 1. The molecule has 0 aromatic heterocycles. The highest BCUT2D eigenvalue weighted by Crippen LogP contribution is 1.61. The lowest BCUT2D eigenvalue weighted by molar-refractivity contribution is -0.119. The number of hydrogen-bond donors (Lipinski definition) is 3. The lowest BCUT2D eigenvalue weighted by Crippen LogP contribution is -2.34. The van der Waals surface area contributed by atoms with Crippen LogP contribution >= 0.6 is 12.4 Å². The summed E-state index contributed by atoms with van der Waals surface area (Å²) in [5, 5.41) is 12.1. The summed E-state index contributed by atoms with van der Waals surface area (Å²) < 4.78 is 0. The first-order valence-corrected chi connectivity index (χ1v) is 2.34. The second kappa shape index (κ2) is 6.15. The lowest BCUT2D eigenvalue weighted by atomic mass is 10.6. The van der Waals surface area contributed by atoms with Gasteiger partial charge in [0.1, 0.15) is 0 Å². The largest absolute Gasteiger partial charge is 0.465 e. The molecule has 0 saturated heterocycles. The van der Waals surface area contributed by atoms with Crippen molar-refractivity contribution in [2.24, 2.45) is 0 Å². The molecule has 0 radical (unpaired) electrons. The van der Waals surface area contributed by atoms with E-state index in [4.69, 9.17) is 5.11 Å². The summed E-state index contributed by atoms with van der Waals surface area (Å²) in [6.07, 6.45) is -1.20.